The van der Waals surface area contributed by atoms with Crippen LogP contribution in [0.4, 0.5) is 0 Å². The highest BCUT2D eigenvalue weighted by atomic mass is 16.5. The number of hydrogen-bond acceptors (Lipinski definition) is 5. The molecule has 33 heavy (non-hydrogen) atoms. The fourth-order valence-corrected chi connectivity index (χ4v) is 3.15. The topological polar surface area (TPSA) is 69.7 Å². The summed E-state index contributed by atoms with van der Waals surface area (Å²) in [5.74, 6) is -0.581. The van der Waals surface area contributed by atoms with E-state index in [9.17, 15) is 14.4 Å². The highest BCUT2D eigenvalue weighted by Gasteiger charge is 2.09. The number of allylic oxidation sites excluding steroid dienone is 1. The number of carbonyl (C=O) groups is 3. The van der Waals surface area contributed by atoms with Crippen molar-refractivity contribution in [3.63, 3.8) is 0 Å². The van der Waals surface area contributed by atoms with Gasteiger partial charge < -0.3 is 9.47 Å². The molecule has 0 aromatic heterocycles. The summed E-state index contributed by atoms with van der Waals surface area (Å²) < 4.78 is 10.4. The molecule has 0 fully saturated rings. The van der Waals surface area contributed by atoms with Gasteiger partial charge in [0.2, 0.25) is 0 Å². The van der Waals surface area contributed by atoms with E-state index in [1.165, 1.54) is 6.08 Å². The number of rotatable bonds is 9. The Balaban J connectivity index is 1.66. The van der Waals surface area contributed by atoms with Gasteiger partial charge in [0.25, 0.3) is 0 Å². The van der Waals surface area contributed by atoms with Crippen molar-refractivity contribution in [2.24, 2.45) is 0 Å². The lowest BCUT2D eigenvalue weighted by molar-refractivity contribution is -0.139. The molecule has 3 rings (SSSR count). The van der Waals surface area contributed by atoms with Crippen LogP contribution in [0.5, 0.6) is 5.75 Å². The predicted octanol–water partition coefficient (Wildman–Crippen LogP) is 5.38. The first kappa shape index (κ1) is 23.4. The Morgan fingerprint density at radius 1 is 0.848 bits per heavy atom. The first-order chi connectivity index (χ1) is 15.9. The smallest absolute Gasteiger partial charge is 0.339 e. The molecule has 0 spiro atoms. The van der Waals surface area contributed by atoms with Crippen molar-refractivity contribution in [3.05, 3.63) is 108 Å². The van der Waals surface area contributed by atoms with E-state index in [1.807, 2.05) is 36.4 Å². The Morgan fingerprint density at radius 3 is 2.21 bits per heavy atom. The monoisotopic (exact) mass is 440 g/mol. The minimum Gasteiger partial charge on any atom is -0.458 e. The molecule has 0 aliphatic heterocycles. The van der Waals surface area contributed by atoms with Crippen molar-refractivity contribution in [3.8, 4) is 5.75 Å². The standard InChI is InChI=1S/C28H24O5/c1-4-25(29)17-22-7-11-23-15-21(6-10-24(23)16-22)14-19(3)28(31)33-26-12-8-20(9-13-26)18-32-27(30)5-2/h4-16H,1-2,17-18H2,3H3/b19-14+. The van der Waals surface area contributed by atoms with Crippen LogP contribution < -0.4 is 4.74 Å². The fourth-order valence-electron chi connectivity index (χ4n) is 3.15. The van der Waals surface area contributed by atoms with E-state index < -0.39 is 11.9 Å². The van der Waals surface area contributed by atoms with Crippen molar-refractivity contribution in [1.29, 1.82) is 0 Å². The van der Waals surface area contributed by atoms with Gasteiger partial charge in [-0.25, -0.2) is 9.59 Å². The molecule has 0 saturated heterocycles. The molecule has 166 valence electrons. The molecule has 0 bridgehead atoms. The van der Waals surface area contributed by atoms with Crippen LogP contribution in [0.2, 0.25) is 0 Å². The van der Waals surface area contributed by atoms with Gasteiger partial charge in [-0.3, -0.25) is 4.79 Å². The molecular weight excluding hydrogens is 416 g/mol. The molecule has 0 atom stereocenters. The first-order valence-corrected chi connectivity index (χ1v) is 10.3. The van der Waals surface area contributed by atoms with Gasteiger partial charge in [0.1, 0.15) is 12.4 Å². The van der Waals surface area contributed by atoms with E-state index in [1.54, 1.807) is 37.3 Å². The molecule has 0 radical (unpaired) electrons. The molecule has 0 aliphatic rings. The van der Waals surface area contributed by atoms with Crippen LogP contribution in [0.3, 0.4) is 0 Å². The Kier molecular flexibility index (Phi) is 7.71. The van der Waals surface area contributed by atoms with Crippen LogP contribution in [0, 0.1) is 0 Å². The van der Waals surface area contributed by atoms with Crippen molar-refractivity contribution in [1.82, 2.24) is 0 Å². The summed E-state index contributed by atoms with van der Waals surface area (Å²) in [5, 5.41) is 2.02. The Morgan fingerprint density at radius 2 is 1.52 bits per heavy atom. The van der Waals surface area contributed by atoms with Gasteiger partial charge in [-0.05, 0) is 64.7 Å². The average molecular weight is 440 g/mol. The third kappa shape index (κ3) is 6.61. The van der Waals surface area contributed by atoms with Crippen LogP contribution in [0.15, 0.2) is 91.5 Å². The minimum absolute atomic E-state index is 0.0196. The van der Waals surface area contributed by atoms with Gasteiger partial charge in [0, 0.05) is 18.1 Å². The second-order valence-electron chi connectivity index (χ2n) is 7.46. The molecule has 0 unspecified atom stereocenters. The summed E-state index contributed by atoms with van der Waals surface area (Å²) in [4.78, 5) is 35.2. The number of esters is 2. The largest absolute Gasteiger partial charge is 0.458 e. The summed E-state index contributed by atoms with van der Waals surface area (Å²) in [6.07, 6.45) is 4.52. The third-order valence-corrected chi connectivity index (χ3v) is 4.92. The number of carbonyl (C=O) groups excluding carboxylic acids is 3. The maximum absolute atomic E-state index is 12.5. The zero-order valence-electron chi connectivity index (χ0n) is 18.4. The lowest BCUT2D eigenvalue weighted by atomic mass is 10.0. The maximum atomic E-state index is 12.5. The van der Waals surface area contributed by atoms with Gasteiger partial charge >= 0.3 is 11.9 Å². The van der Waals surface area contributed by atoms with Crippen molar-refractivity contribution in [2.45, 2.75) is 20.0 Å². The number of ether oxygens (including phenoxy) is 2. The molecule has 0 aliphatic carbocycles. The molecule has 0 amide bonds. The molecular formula is C28H24O5. The van der Waals surface area contributed by atoms with Gasteiger partial charge in [-0.2, -0.15) is 0 Å². The Hall–Kier alpha value is -4.25. The summed E-state index contributed by atoms with van der Waals surface area (Å²) in [5.41, 5.74) is 3.02. The quantitative estimate of drug-likeness (QED) is 0.254. The van der Waals surface area contributed by atoms with Gasteiger partial charge in [0.15, 0.2) is 5.78 Å². The summed E-state index contributed by atoms with van der Waals surface area (Å²) in [6, 6.07) is 18.4. The SMILES string of the molecule is C=CC(=O)Cc1ccc2cc(/C=C(\C)C(=O)Oc3ccc(COC(=O)C=C)cc3)ccc2c1. The number of ketones is 1. The first-order valence-electron chi connectivity index (χ1n) is 10.3. The third-order valence-electron chi connectivity index (χ3n) is 4.92. The van der Waals surface area contributed by atoms with Gasteiger partial charge in [-0.15, -0.1) is 0 Å². The molecule has 5 nitrogen and oxygen atoms in total. The van der Waals surface area contributed by atoms with Crippen molar-refractivity contribution >= 4 is 34.6 Å². The van der Waals surface area contributed by atoms with Gasteiger partial charge in [0.05, 0.1) is 0 Å². The lowest BCUT2D eigenvalue weighted by Gasteiger charge is -2.07. The summed E-state index contributed by atoms with van der Waals surface area (Å²) in [7, 11) is 0. The van der Waals surface area contributed by atoms with E-state index >= 15 is 0 Å². The van der Waals surface area contributed by atoms with E-state index in [2.05, 4.69) is 13.2 Å². The molecule has 0 saturated carbocycles. The van der Waals surface area contributed by atoms with Crippen LogP contribution in [-0.4, -0.2) is 17.7 Å². The minimum atomic E-state index is -0.497. The number of hydrogen-bond donors (Lipinski definition) is 0. The molecule has 0 N–H and O–H groups in total. The zero-order chi connectivity index (χ0) is 23.8. The fraction of sp³-hybridized carbons (Fsp3) is 0.107. The van der Waals surface area contributed by atoms with Gasteiger partial charge in [-0.1, -0.05) is 55.6 Å². The predicted molar refractivity (Wildman–Crippen MR) is 129 cm³/mol. The second-order valence-corrected chi connectivity index (χ2v) is 7.46. The normalized spacial score (nSPS) is 11.0. The van der Waals surface area contributed by atoms with Crippen LogP contribution in [0.1, 0.15) is 23.6 Å². The molecule has 3 aromatic carbocycles. The molecule has 5 heteroatoms. The van der Waals surface area contributed by atoms with E-state index in [4.69, 9.17) is 9.47 Å². The van der Waals surface area contributed by atoms with Crippen LogP contribution in [0.25, 0.3) is 16.8 Å². The highest BCUT2D eigenvalue weighted by Crippen LogP contribution is 2.21. The number of fused-ring (bicyclic) bond motifs is 1. The van der Waals surface area contributed by atoms with Crippen molar-refractivity contribution in [2.75, 3.05) is 0 Å². The number of benzene rings is 3. The highest BCUT2D eigenvalue weighted by molar-refractivity contribution is 5.96. The summed E-state index contributed by atoms with van der Waals surface area (Å²) in [6.45, 7) is 8.66. The molecule has 3 aromatic rings. The van der Waals surface area contributed by atoms with Crippen LogP contribution in [-0.2, 0) is 32.1 Å². The Labute approximate surface area is 192 Å². The average Bonchev–Trinajstić information content (AvgIpc) is 2.83. The maximum Gasteiger partial charge on any atom is 0.339 e. The Bertz CT molecular complexity index is 1250. The van der Waals surface area contributed by atoms with Crippen molar-refractivity contribution < 1.29 is 23.9 Å². The van der Waals surface area contributed by atoms with Crippen LogP contribution >= 0.6 is 0 Å². The van der Waals surface area contributed by atoms with E-state index in [-0.39, 0.29) is 12.4 Å². The zero-order valence-corrected chi connectivity index (χ0v) is 18.4. The summed E-state index contributed by atoms with van der Waals surface area (Å²) >= 11 is 0. The van der Waals surface area contributed by atoms with E-state index in [0.717, 1.165) is 33.5 Å². The lowest BCUT2D eigenvalue weighted by Crippen LogP contribution is -2.09. The molecule has 0 heterocycles. The second kappa shape index (κ2) is 10.9. The van der Waals surface area contributed by atoms with E-state index in [0.29, 0.717) is 17.7 Å².